The molecule has 0 fully saturated rings. The number of hydrogen-bond acceptors (Lipinski definition) is 5. The lowest BCUT2D eigenvalue weighted by Crippen LogP contribution is -2.35. The molecule has 0 bridgehead atoms. The highest BCUT2D eigenvalue weighted by Crippen LogP contribution is 2.20. The van der Waals surface area contributed by atoms with E-state index in [1.807, 2.05) is 0 Å². The van der Waals surface area contributed by atoms with Gasteiger partial charge >= 0.3 is 0 Å². The van der Waals surface area contributed by atoms with E-state index in [-0.39, 0.29) is 5.56 Å². The molecular formula is C10H15NO4. The fourth-order valence-electron chi connectivity index (χ4n) is 1.25. The van der Waals surface area contributed by atoms with Crippen molar-refractivity contribution >= 4 is 0 Å². The lowest BCUT2D eigenvalue weighted by Gasteiger charge is -2.18. The van der Waals surface area contributed by atoms with E-state index in [0.29, 0.717) is 0 Å². The minimum Gasteiger partial charge on any atom is -0.352 e. The highest BCUT2D eigenvalue weighted by molar-refractivity contribution is 5.25. The average molecular weight is 213 g/mol. The molecule has 1 aromatic rings. The van der Waals surface area contributed by atoms with Crippen LogP contribution in [0.25, 0.3) is 0 Å². The molecule has 0 heterocycles. The Labute approximate surface area is 88.0 Å². The molecule has 5 nitrogen and oxygen atoms in total. The number of ether oxygens (including phenoxy) is 2. The fourth-order valence-corrected chi connectivity index (χ4v) is 1.25. The van der Waals surface area contributed by atoms with Crippen LogP contribution in [0.3, 0.4) is 0 Å². The molecule has 0 aliphatic carbocycles. The molecule has 15 heavy (non-hydrogen) atoms. The summed E-state index contributed by atoms with van der Waals surface area (Å²) in [5, 5.41) is 18.2. The summed E-state index contributed by atoms with van der Waals surface area (Å²) in [5.41, 5.74) is 6.07. The third-order valence-corrected chi connectivity index (χ3v) is 2.04. The van der Waals surface area contributed by atoms with Crippen LogP contribution in [0, 0.1) is 0 Å². The second kappa shape index (κ2) is 4.69. The van der Waals surface area contributed by atoms with Crippen molar-refractivity contribution in [2.45, 2.75) is 12.2 Å². The van der Waals surface area contributed by atoms with Gasteiger partial charge < -0.3 is 19.7 Å². The summed E-state index contributed by atoms with van der Waals surface area (Å²) in [5.74, 6) is -2.31. The van der Waals surface area contributed by atoms with Gasteiger partial charge in [-0.15, -0.1) is 0 Å². The number of benzene rings is 1. The van der Waals surface area contributed by atoms with Crippen LogP contribution in [0.5, 0.6) is 0 Å². The standard InChI is InChI=1S/C10H15NO4/c1-14-9(15-2)7-3-5-8(6-4-7)10(11,12)13/h3-6,9,12-13H,11H2,1-2H3. The Hall–Kier alpha value is -0.980. The van der Waals surface area contributed by atoms with Crippen molar-refractivity contribution in [3.8, 4) is 0 Å². The summed E-state index contributed by atoms with van der Waals surface area (Å²) in [4.78, 5) is 0. The highest BCUT2D eigenvalue weighted by Gasteiger charge is 2.19. The first-order valence-corrected chi connectivity index (χ1v) is 4.38. The summed E-state index contributed by atoms with van der Waals surface area (Å²) < 4.78 is 10.1. The predicted octanol–water partition coefficient (Wildman–Crippen LogP) is 0.0316. The highest BCUT2D eigenvalue weighted by atomic mass is 16.7. The van der Waals surface area contributed by atoms with Gasteiger partial charge in [0.2, 0.25) is 5.91 Å². The van der Waals surface area contributed by atoms with Crippen molar-refractivity contribution < 1.29 is 19.7 Å². The second-order valence-electron chi connectivity index (χ2n) is 3.15. The first kappa shape index (κ1) is 12.1. The van der Waals surface area contributed by atoms with Gasteiger partial charge in [-0.1, -0.05) is 24.3 Å². The molecule has 0 aliphatic heterocycles. The molecule has 0 radical (unpaired) electrons. The Balaban J connectivity index is 2.89. The normalized spacial score (nSPS) is 12.1. The van der Waals surface area contributed by atoms with Crippen LogP contribution in [0.4, 0.5) is 0 Å². The van der Waals surface area contributed by atoms with Crippen LogP contribution in [-0.4, -0.2) is 24.4 Å². The van der Waals surface area contributed by atoms with Gasteiger partial charge in [0, 0.05) is 25.3 Å². The van der Waals surface area contributed by atoms with Gasteiger partial charge in [0.15, 0.2) is 6.29 Å². The third kappa shape index (κ3) is 2.98. The monoisotopic (exact) mass is 213 g/mol. The summed E-state index contributed by atoms with van der Waals surface area (Å²) in [6.07, 6.45) is -0.469. The Morgan fingerprint density at radius 1 is 1.13 bits per heavy atom. The molecule has 1 aromatic carbocycles. The van der Waals surface area contributed by atoms with Crippen LogP contribution >= 0.6 is 0 Å². The minimum absolute atomic E-state index is 0.206. The molecule has 1 rings (SSSR count). The van der Waals surface area contributed by atoms with Gasteiger partial charge in [-0.25, -0.2) is 0 Å². The zero-order valence-corrected chi connectivity index (χ0v) is 8.68. The van der Waals surface area contributed by atoms with Crippen LogP contribution in [0.1, 0.15) is 17.4 Å². The Bertz CT molecular complexity index is 300. The zero-order valence-electron chi connectivity index (χ0n) is 8.68. The maximum Gasteiger partial charge on any atom is 0.248 e. The van der Waals surface area contributed by atoms with Crippen molar-refractivity contribution in [3.63, 3.8) is 0 Å². The van der Waals surface area contributed by atoms with Gasteiger partial charge in [0.1, 0.15) is 0 Å². The van der Waals surface area contributed by atoms with Crippen molar-refractivity contribution in [1.29, 1.82) is 0 Å². The van der Waals surface area contributed by atoms with E-state index in [0.717, 1.165) is 5.56 Å². The fraction of sp³-hybridized carbons (Fsp3) is 0.400. The quantitative estimate of drug-likeness (QED) is 0.614. The number of aliphatic hydroxyl groups is 2. The molecule has 0 amide bonds. The van der Waals surface area contributed by atoms with E-state index in [2.05, 4.69) is 0 Å². The van der Waals surface area contributed by atoms with E-state index >= 15 is 0 Å². The molecule has 0 atom stereocenters. The smallest absolute Gasteiger partial charge is 0.248 e. The summed E-state index contributed by atoms with van der Waals surface area (Å²) in [6.45, 7) is 0. The summed E-state index contributed by atoms with van der Waals surface area (Å²) >= 11 is 0. The Morgan fingerprint density at radius 3 is 1.93 bits per heavy atom. The molecule has 0 aliphatic rings. The molecule has 4 N–H and O–H groups in total. The van der Waals surface area contributed by atoms with E-state index in [4.69, 9.17) is 25.4 Å². The van der Waals surface area contributed by atoms with Crippen molar-refractivity contribution in [1.82, 2.24) is 0 Å². The van der Waals surface area contributed by atoms with Crippen LogP contribution < -0.4 is 5.73 Å². The second-order valence-corrected chi connectivity index (χ2v) is 3.15. The molecule has 0 saturated heterocycles. The zero-order chi connectivity index (χ0) is 11.5. The lowest BCUT2D eigenvalue weighted by atomic mass is 10.1. The van der Waals surface area contributed by atoms with E-state index < -0.39 is 12.2 Å². The number of methoxy groups -OCH3 is 2. The van der Waals surface area contributed by atoms with Crippen molar-refractivity contribution in [3.05, 3.63) is 35.4 Å². The van der Waals surface area contributed by atoms with E-state index in [1.165, 1.54) is 26.4 Å². The van der Waals surface area contributed by atoms with Crippen LogP contribution in [-0.2, 0) is 15.4 Å². The van der Waals surface area contributed by atoms with Crippen LogP contribution in [0.15, 0.2) is 24.3 Å². The predicted molar refractivity (Wildman–Crippen MR) is 53.5 cm³/mol. The first-order chi connectivity index (χ1) is 6.99. The SMILES string of the molecule is COC(OC)c1ccc(C(N)(O)O)cc1. The van der Waals surface area contributed by atoms with Gasteiger partial charge in [-0.05, 0) is 0 Å². The lowest BCUT2D eigenvalue weighted by molar-refractivity contribution is -0.163. The Kier molecular flexibility index (Phi) is 3.78. The molecule has 0 unspecified atom stereocenters. The van der Waals surface area contributed by atoms with Crippen LogP contribution in [0.2, 0.25) is 0 Å². The van der Waals surface area contributed by atoms with E-state index in [1.54, 1.807) is 12.1 Å². The Morgan fingerprint density at radius 2 is 1.60 bits per heavy atom. The van der Waals surface area contributed by atoms with Gasteiger partial charge in [-0.3, -0.25) is 5.73 Å². The van der Waals surface area contributed by atoms with Gasteiger partial charge in [0.05, 0.1) is 0 Å². The molecule has 0 spiro atoms. The molecule has 5 heteroatoms. The number of hydrogen-bond donors (Lipinski definition) is 3. The topological polar surface area (TPSA) is 84.9 Å². The van der Waals surface area contributed by atoms with E-state index in [9.17, 15) is 0 Å². The minimum atomic E-state index is -2.31. The number of nitrogens with two attached hydrogens (primary N) is 1. The summed E-state index contributed by atoms with van der Waals surface area (Å²) in [6, 6.07) is 6.31. The maximum atomic E-state index is 9.10. The van der Waals surface area contributed by atoms with Gasteiger partial charge in [-0.2, -0.15) is 0 Å². The molecule has 0 aromatic heterocycles. The van der Waals surface area contributed by atoms with Crippen molar-refractivity contribution in [2.24, 2.45) is 5.73 Å². The first-order valence-electron chi connectivity index (χ1n) is 4.38. The maximum absolute atomic E-state index is 9.10. The molecule has 0 saturated carbocycles. The third-order valence-electron chi connectivity index (χ3n) is 2.04. The van der Waals surface area contributed by atoms with Gasteiger partial charge in [0.25, 0.3) is 0 Å². The number of rotatable bonds is 4. The molecular weight excluding hydrogens is 198 g/mol. The average Bonchev–Trinajstić information content (AvgIpc) is 2.19. The largest absolute Gasteiger partial charge is 0.352 e. The van der Waals surface area contributed by atoms with Crippen molar-refractivity contribution in [2.75, 3.05) is 14.2 Å². The molecule has 84 valence electrons. The summed E-state index contributed by atoms with van der Waals surface area (Å²) in [7, 11) is 3.04.